The molecule has 0 spiro atoms. The molecule has 0 aromatic carbocycles. The largest absolute Gasteiger partial charge is 0.401 e. The van der Waals surface area contributed by atoms with Gasteiger partial charge in [-0.15, -0.1) is 0 Å². The van der Waals surface area contributed by atoms with Gasteiger partial charge in [0.1, 0.15) is 0 Å². The van der Waals surface area contributed by atoms with Crippen LogP contribution in [0.5, 0.6) is 0 Å². The minimum atomic E-state index is -4.06. The van der Waals surface area contributed by atoms with Crippen LogP contribution in [0.1, 0.15) is 6.92 Å². The first-order valence-corrected chi connectivity index (χ1v) is 4.00. The van der Waals surface area contributed by atoms with Crippen LogP contribution in [0.4, 0.5) is 13.2 Å². The van der Waals surface area contributed by atoms with Crippen LogP contribution < -0.4 is 5.32 Å². The predicted octanol–water partition coefficient (Wildman–Crippen LogP) is 0.842. The van der Waals surface area contributed by atoms with Crippen molar-refractivity contribution in [1.29, 1.82) is 0 Å². The van der Waals surface area contributed by atoms with Gasteiger partial charge < -0.3 is 5.32 Å². The quantitative estimate of drug-likeness (QED) is 0.646. The van der Waals surface area contributed by atoms with Crippen LogP contribution in [-0.4, -0.2) is 43.3 Å². The number of nitrogens with zero attached hydrogens (tertiary/aromatic N) is 1. The molecule has 0 amide bonds. The van der Waals surface area contributed by atoms with Crippen molar-refractivity contribution in [2.24, 2.45) is 0 Å². The molecular weight excluding hydrogens is 169 g/mol. The van der Waals surface area contributed by atoms with Crippen LogP contribution >= 0.6 is 0 Å². The molecule has 1 aliphatic rings. The average Bonchev–Trinajstić information content (AvgIpc) is 1.82. The van der Waals surface area contributed by atoms with E-state index in [9.17, 15) is 13.2 Å². The Morgan fingerprint density at radius 3 is 2.67 bits per heavy atom. The number of rotatable bonds is 1. The number of hydrogen-bond donors (Lipinski definition) is 1. The van der Waals surface area contributed by atoms with Gasteiger partial charge >= 0.3 is 6.18 Å². The Balaban J connectivity index is 2.32. The Morgan fingerprint density at radius 2 is 2.17 bits per heavy atom. The maximum absolute atomic E-state index is 11.9. The zero-order valence-corrected chi connectivity index (χ0v) is 6.99. The van der Waals surface area contributed by atoms with Crippen LogP contribution in [0.25, 0.3) is 0 Å². The molecule has 12 heavy (non-hydrogen) atoms. The van der Waals surface area contributed by atoms with Crippen LogP contribution in [0, 0.1) is 0 Å². The van der Waals surface area contributed by atoms with E-state index in [0.717, 1.165) is 0 Å². The molecule has 2 nitrogen and oxygen atoms in total. The summed E-state index contributed by atoms with van der Waals surface area (Å²) in [5.74, 6) is 0. The van der Waals surface area contributed by atoms with Gasteiger partial charge in [-0.2, -0.15) is 13.2 Å². The van der Waals surface area contributed by atoms with Crippen molar-refractivity contribution in [3.63, 3.8) is 0 Å². The van der Waals surface area contributed by atoms with E-state index in [1.54, 1.807) is 0 Å². The van der Waals surface area contributed by atoms with Crippen molar-refractivity contribution in [3.05, 3.63) is 0 Å². The molecule has 0 radical (unpaired) electrons. The van der Waals surface area contributed by atoms with E-state index in [4.69, 9.17) is 0 Å². The third-order valence-electron chi connectivity index (χ3n) is 1.86. The Kier molecular flexibility index (Phi) is 2.95. The Hall–Kier alpha value is -0.290. The van der Waals surface area contributed by atoms with Crippen molar-refractivity contribution in [3.8, 4) is 0 Å². The molecule has 1 heterocycles. The number of nitrogens with one attached hydrogen (secondary N) is 1. The van der Waals surface area contributed by atoms with Gasteiger partial charge in [-0.3, -0.25) is 4.90 Å². The molecule has 1 atom stereocenters. The van der Waals surface area contributed by atoms with Crippen molar-refractivity contribution in [2.45, 2.75) is 19.1 Å². The highest BCUT2D eigenvalue weighted by molar-refractivity contribution is 4.76. The number of halogens is 3. The lowest BCUT2D eigenvalue weighted by molar-refractivity contribution is -0.147. The second-order valence-electron chi connectivity index (χ2n) is 3.21. The molecule has 0 bridgehead atoms. The molecule has 1 aliphatic heterocycles. The first-order chi connectivity index (χ1) is 5.47. The number of hydrogen-bond acceptors (Lipinski definition) is 2. The van der Waals surface area contributed by atoms with Gasteiger partial charge in [0.15, 0.2) is 0 Å². The van der Waals surface area contributed by atoms with Gasteiger partial charge in [0, 0.05) is 25.7 Å². The molecule has 5 heteroatoms. The highest BCUT2D eigenvalue weighted by Gasteiger charge is 2.31. The van der Waals surface area contributed by atoms with Gasteiger partial charge in [0.25, 0.3) is 0 Å². The first-order valence-electron chi connectivity index (χ1n) is 4.00. The fourth-order valence-corrected chi connectivity index (χ4v) is 1.41. The Labute approximate surface area is 69.7 Å². The van der Waals surface area contributed by atoms with Crippen molar-refractivity contribution < 1.29 is 13.2 Å². The first kappa shape index (κ1) is 9.80. The molecular formula is C7H13F3N2. The monoisotopic (exact) mass is 182 g/mol. The summed E-state index contributed by atoms with van der Waals surface area (Å²) in [5, 5.41) is 3.09. The minimum Gasteiger partial charge on any atom is -0.312 e. The van der Waals surface area contributed by atoms with Gasteiger partial charge in [-0.05, 0) is 6.92 Å². The smallest absolute Gasteiger partial charge is 0.312 e. The van der Waals surface area contributed by atoms with E-state index in [1.165, 1.54) is 4.90 Å². The van der Waals surface area contributed by atoms with E-state index >= 15 is 0 Å². The van der Waals surface area contributed by atoms with Gasteiger partial charge in [-0.1, -0.05) is 0 Å². The lowest BCUT2D eigenvalue weighted by Crippen LogP contribution is -2.51. The van der Waals surface area contributed by atoms with E-state index in [-0.39, 0.29) is 6.04 Å². The molecule has 1 saturated heterocycles. The van der Waals surface area contributed by atoms with E-state index in [2.05, 4.69) is 5.32 Å². The molecule has 0 aromatic heterocycles. The maximum atomic E-state index is 11.9. The standard InChI is InChI=1S/C7H13F3N2/c1-6-4-12(3-2-11-6)5-7(8,9)10/h6,11H,2-5H2,1H3. The second kappa shape index (κ2) is 3.62. The molecule has 0 aromatic rings. The molecule has 1 rings (SSSR count). The fraction of sp³-hybridized carbons (Fsp3) is 1.00. The molecule has 1 fully saturated rings. The average molecular weight is 182 g/mol. The summed E-state index contributed by atoms with van der Waals surface area (Å²) >= 11 is 0. The topological polar surface area (TPSA) is 15.3 Å². The van der Waals surface area contributed by atoms with Crippen LogP contribution in [0.3, 0.4) is 0 Å². The summed E-state index contributed by atoms with van der Waals surface area (Å²) in [6.07, 6.45) is -4.06. The SMILES string of the molecule is CC1CN(CC(F)(F)F)CCN1. The van der Waals surface area contributed by atoms with E-state index in [1.807, 2.05) is 6.92 Å². The van der Waals surface area contributed by atoms with E-state index in [0.29, 0.717) is 19.6 Å². The normalized spacial score (nSPS) is 27.5. The number of alkyl halides is 3. The summed E-state index contributed by atoms with van der Waals surface area (Å²) in [5.41, 5.74) is 0. The third kappa shape index (κ3) is 3.40. The van der Waals surface area contributed by atoms with E-state index < -0.39 is 12.7 Å². The van der Waals surface area contributed by atoms with Gasteiger partial charge in [0.05, 0.1) is 6.54 Å². The minimum absolute atomic E-state index is 0.168. The Morgan fingerprint density at radius 1 is 1.50 bits per heavy atom. The summed E-state index contributed by atoms with van der Waals surface area (Å²) < 4.78 is 35.7. The highest BCUT2D eigenvalue weighted by Crippen LogP contribution is 2.16. The lowest BCUT2D eigenvalue weighted by atomic mass is 10.2. The third-order valence-corrected chi connectivity index (χ3v) is 1.86. The van der Waals surface area contributed by atoms with Crippen molar-refractivity contribution in [1.82, 2.24) is 10.2 Å². The summed E-state index contributed by atoms with van der Waals surface area (Å²) in [6.45, 7) is 2.74. The second-order valence-corrected chi connectivity index (χ2v) is 3.21. The van der Waals surface area contributed by atoms with Crippen LogP contribution in [0.2, 0.25) is 0 Å². The molecule has 1 N–H and O–H groups in total. The van der Waals surface area contributed by atoms with Crippen molar-refractivity contribution in [2.75, 3.05) is 26.2 Å². The number of piperazine rings is 1. The molecule has 1 unspecified atom stereocenters. The summed E-state index contributed by atoms with van der Waals surface area (Å²) in [6, 6.07) is 0.168. The predicted molar refractivity (Wildman–Crippen MR) is 40.0 cm³/mol. The summed E-state index contributed by atoms with van der Waals surface area (Å²) in [4.78, 5) is 1.43. The van der Waals surface area contributed by atoms with Gasteiger partial charge in [-0.25, -0.2) is 0 Å². The van der Waals surface area contributed by atoms with Crippen LogP contribution in [-0.2, 0) is 0 Å². The zero-order chi connectivity index (χ0) is 9.19. The maximum Gasteiger partial charge on any atom is 0.401 e. The zero-order valence-electron chi connectivity index (χ0n) is 6.99. The fourth-order valence-electron chi connectivity index (χ4n) is 1.41. The molecule has 72 valence electrons. The van der Waals surface area contributed by atoms with Crippen molar-refractivity contribution >= 4 is 0 Å². The van der Waals surface area contributed by atoms with Crippen LogP contribution in [0.15, 0.2) is 0 Å². The Bertz CT molecular complexity index is 146. The lowest BCUT2D eigenvalue weighted by Gasteiger charge is -2.32. The highest BCUT2D eigenvalue weighted by atomic mass is 19.4. The van der Waals surface area contributed by atoms with Gasteiger partial charge in [0.2, 0.25) is 0 Å². The summed E-state index contributed by atoms with van der Waals surface area (Å²) in [7, 11) is 0. The molecule has 0 saturated carbocycles. The molecule has 0 aliphatic carbocycles.